The SMILES string of the molecule is CC1=C[C@]2(CCC1)C[C@@H](c1ccccc1)N(c1ccccc1)O2. The molecule has 1 aliphatic heterocycles. The second-order valence-corrected chi connectivity index (χ2v) is 6.79. The summed E-state index contributed by atoms with van der Waals surface area (Å²) in [6.07, 6.45) is 6.91. The standard InChI is InChI=1S/C21H23NO/c1-17-9-8-14-21(15-17)16-20(18-10-4-2-5-11-18)22(23-21)19-12-6-3-7-13-19/h2-7,10-13,15,20H,8-9,14,16H2,1H3/t20-,21+/m0/s1. The molecule has 23 heavy (non-hydrogen) atoms. The summed E-state index contributed by atoms with van der Waals surface area (Å²) in [6, 6.07) is 21.5. The second-order valence-electron chi connectivity index (χ2n) is 6.79. The molecule has 1 saturated heterocycles. The molecular weight excluding hydrogens is 282 g/mol. The molecule has 2 heteroatoms. The zero-order chi connectivity index (χ0) is 15.7. The van der Waals surface area contributed by atoms with E-state index in [2.05, 4.69) is 78.7 Å². The summed E-state index contributed by atoms with van der Waals surface area (Å²) in [5.74, 6) is 0. The Morgan fingerprint density at radius 2 is 1.70 bits per heavy atom. The lowest BCUT2D eigenvalue weighted by Crippen LogP contribution is -2.31. The maximum Gasteiger partial charge on any atom is 0.117 e. The van der Waals surface area contributed by atoms with Gasteiger partial charge in [0, 0.05) is 6.42 Å². The highest BCUT2D eigenvalue weighted by Crippen LogP contribution is 2.48. The quantitative estimate of drug-likeness (QED) is 0.685. The Labute approximate surface area is 138 Å². The van der Waals surface area contributed by atoms with Gasteiger partial charge < -0.3 is 0 Å². The van der Waals surface area contributed by atoms with Gasteiger partial charge in [0.25, 0.3) is 0 Å². The van der Waals surface area contributed by atoms with Crippen LogP contribution in [-0.2, 0) is 4.84 Å². The van der Waals surface area contributed by atoms with E-state index in [1.165, 1.54) is 24.0 Å². The van der Waals surface area contributed by atoms with Gasteiger partial charge in [0.1, 0.15) is 5.60 Å². The van der Waals surface area contributed by atoms with E-state index in [1.54, 1.807) is 0 Å². The number of hydrogen-bond donors (Lipinski definition) is 0. The van der Waals surface area contributed by atoms with Crippen molar-refractivity contribution in [2.45, 2.75) is 44.2 Å². The van der Waals surface area contributed by atoms with Crippen molar-refractivity contribution in [1.82, 2.24) is 0 Å². The molecule has 2 aliphatic rings. The van der Waals surface area contributed by atoms with Gasteiger partial charge in [-0.1, -0.05) is 60.2 Å². The first-order valence-corrected chi connectivity index (χ1v) is 8.52. The van der Waals surface area contributed by atoms with Crippen LogP contribution in [0.4, 0.5) is 5.69 Å². The van der Waals surface area contributed by atoms with Crippen LogP contribution in [0.2, 0.25) is 0 Å². The Bertz CT molecular complexity index is 645. The summed E-state index contributed by atoms with van der Waals surface area (Å²) in [4.78, 5) is 6.57. The first-order valence-electron chi connectivity index (χ1n) is 8.52. The lowest BCUT2D eigenvalue weighted by atomic mass is 9.82. The number of anilines is 1. The molecular formula is C21H23NO. The number of benzene rings is 2. The van der Waals surface area contributed by atoms with E-state index in [4.69, 9.17) is 4.84 Å². The van der Waals surface area contributed by atoms with Crippen molar-refractivity contribution >= 4 is 5.69 Å². The Morgan fingerprint density at radius 1 is 1.00 bits per heavy atom. The van der Waals surface area contributed by atoms with Crippen molar-refractivity contribution in [2.24, 2.45) is 0 Å². The number of rotatable bonds is 2. The first kappa shape index (κ1) is 14.5. The molecule has 0 aromatic heterocycles. The van der Waals surface area contributed by atoms with Gasteiger partial charge in [-0.2, -0.15) is 0 Å². The molecule has 0 unspecified atom stereocenters. The topological polar surface area (TPSA) is 12.5 Å². The van der Waals surface area contributed by atoms with Crippen LogP contribution in [-0.4, -0.2) is 5.60 Å². The third-order valence-corrected chi connectivity index (χ3v) is 4.98. The Morgan fingerprint density at radius 3 is 2.39 bits per heavy atom. The molecule has 118 valence electrons. The monoisotopic (exact) mass is 305 g/mol. The number of para-hydroxylation sites is 1. The van der Waals surface area contributed by atoms with E-state index in [9.17, 15) is 0 Å². The second kappa shape index (κ2) is 5.86. The summed E-state index contributed by atoms with van der Waals surface area (Å²) >= 11 is 0. The minimum Gasteiger partial charge on any atom is -0.262 e. The van der Waals surface area contributed by atoms with Crippen LogP contribution in [0.5, 0.6) is 0 Å². The Hall–Kier alpha value is -2.06. The molecule has 2 aromatic carbocycles. The van der Waals surface area contributed by atoms with Gasteiger partial charge in [-0.3, -0.25) is 4.84 Å². The fraction of sp³-hybridized carbons (Fsp3) is 0.333. The molecule has 0 bridgehead atoms. The minimum atomic E-state index is -0.140. The van der Waals surface area contributed by atoms with E-state index in [0.29, 0.717) is 0 Å². The van der Waals surface area contributed by atoms with E-state index in [0.717, 1.165) is 18.5 Å². The number of nitrogens with zero attached hydrogens (tertiary/aromatic N) is 1. The Kier molecular flexibility index (Phi) is 3.70. The summed E-state index contributed by atoms with van der Waals surface area (Å²) in [5, 5.41) is 2.13. The van der Waals surface area contributed by atoms with Crippen LogP contribution >= 0.6 is 0 Å². The highest BCUT2D eigenvalue weighted by atomic mass is 16.7. The maximum absolute atomic E-state index is 6.57. The van der Waals surface area contributed by atoms with Crippen molar-refractivity contribution in [2.75, 3.05) is 5.06 Å². The highest BCUT2D eigenvalue weighted by molar-refractivity contribution is 5.48. The molecule has 0 saturated carbocycles. The predicted molar refractivity (Wildman–Crippen MR) is 94.1 cm³/mol. The van der Waals surface area contributed by atoms with Crippen molar-refractivity contribution < 1.29 is 4.84 Å². The smallest absolute Gasteiger partial charge is 0.117 e. The van der Waals surface area contributed by atoms with Gasteiger partial charge in [-0.25, -0.2) is 5.06 Å². The molecule has 2 aromatic rings. The lowest BCUT2D eigenvalue weighted by molar-refractivity contribution is 0.0125. The summed E-state index contributed by atoms with van der Waals surface area (Å²) < 4.78 is 0. The van der Waals surface area contributed by atoms with Gasteiger partial charge >= 0.3 is 0 Å². The normalized spacial score (nSPS) is 27.3. The zero-order valence-electron chi connectivity index (χ0n) is 13.6. The molecule has 2 atom stereocenters. The third-order valence-electron chi connectivity index (χ3n) is 4.98. The summed E-state index contributed by atoms with van der Waals surface area (Å²) in [5.41, 5.74) is 3.77. The van der Waals surface area contributed by atoms with Gasteiger partial charge in [-0.15, -0.1) is 0 Å². The third kappa shape index (κ3) is 2.79. The Balaban J connectivity index is 1.74. The van der Waals surface area contributed by atoms with Gasteiger partial charge in [-0.05, 0) is 43.9 Å². The van der Waals surface area contributed by atoms with Crippen LogP contribution in [0, 0.1) is 0 Å². The van der Waals surface area contributed by atoms with Gasteiger partial charge in [0.15, 0.2) is 0 Å². The van der Waals surface area contributed by atoms with E-state index < -0.39 is 0 Å². The fourth-order valence-electron chi connectivity index (χ4n) is 3.94. The molecule has 4 rings (SSSR count). The van der Waals surface area contributed by atoms with E-state index >= 15 is 0 Å². The van der Waals surface area contributed by atoms with Crippen LogP contribution in [0.1, 0.15) is 44.2 Å². The highest BCUT2D eigenvalue weighted by Gasteiger charge is 2.45. The fourth-order valence-corrected chi connectivity index (χ4v) is 3.94. The number of allylic oxidation sites excluding steroid dienone is 1. The molecule has 2 nitrogen and oxygen atoms in total. The van der Waals surface area contributed by atoms with Crippen LogP contribution in [0.3, 0.4) is 0 Å². The van der Waals surface area contributed by atoms with Crippen LogP contribution < -0.4 is 5.06 Å². The molecule has 1 fully saturated rings. The van der Waals surface area contributed by atoms with E-state index in [1.807, 2.05) is 0 Å². The average molecular weight is 305 g/mol. The maximum atomic E-state index is 6.57. The molecule has 0 N–H and O–H groups in total. The average Bonchev–Trinajstić information content (AvgIpc) is 2.95. The van der Waals surface area contributed by atoms with Gasteiger partial charge in [0.05, 0.1) is 11.7 Å². The molecule has 1 aliphatic carbocycles. The number of hydroxylamine groups is 1. The zero-order valence-corrected chi connectivity index (χ0v) is 13.6. The van der Waals surface area contributed by atoms with Crippen molar-refractivity contribution in [3.8, 4) is 0 Å². The van der Waals surface area contributed by atoms with E-state index in [-0.39, 0.29) is 11.6 Å². The molecule has 1 spiro atoms. The summed E-state index contributed by atoms with van der Waals surface area (Å²) in [7, 11) is 0. The largest absolute Gasteiger partial charge is 0.262 e. The lowest BCUT2D eigenvalue weighted by Gasteiger charge is -2.30. The van der Waals surface area contributed by atoms with Crippen LogP contribution in [0.15, 0.2) is 72.3 Å². The van der Waals surface area contributed by atoms with Gasteiger partial charge in [0.2, 0.25) is 0 Å². The van der Waals surface area contributed by atoms with Crippen molar-refractivity contribution in [3.05, 3.63) is 77.9 Å². The molecule has 1 heterocycles. The van der Waals surface area contributed by atoms with Crippen molar-refractivity contribution in [3.63, 3.8) is 0 Å². The molecule has 0 radical (unpaired) electrons. The predicted octanol–water partition coefficient (Wildman–Crippen LogP) is 5.44. The first-order chi connectivity index (χ1) is 11.3. The summed E-state index contributed by atoms with van der Waals surface area (Å²) in [6.45, 7) is 2.23. The number of hydrogen-bond acceptors (Lipinski definition) is 2. The van der Waals surface area contributed by atoms with Crippen LogP contribution in [0.25, 0.3) is 0 Å². The van der Waals surface area contributed by atoms with Crippen molar-refractivity contribution in [1.29, 1.82) is 0 Å². The molecule has 0 amide bonds. The minimum absolute atomic E-state index is 0.140.